The van der Waals surface area contributed by atoms with Crippen LogP contribution < -0.4 is 0 Å². The van der Waals surface area contributed by atoms with Gasteiger partial charge in [-0.2, -0.15) is 0 Å². The van der Waals surface area contributed by atoms with Gasteiger partial charge in [0.1, 0.15) is 0 Å². The molecule has 0 unspecified atom stereocenters. The summed E-state index contributed by atoms with van der Waals surface area (Å²) >= 11 is 0. The summed E-state index contributed by atoms with van der Waals surface area (Å²) in [5.74, 6) is 0.583. The molecule has 0 atom stereocenters. The zero-order chi connectivity index (χ0) is 12.4. The lowest BCUT2D eigenvalue weighted by Gasteiger charge is -2.11. The Morgan fingerprint density at radius 2 is 1.59 bits per heavy atom. The summed E-state index contributed by atoms with van der Waals surface area (Å²) in [6.45, 7) is 8.85. The second kappa shape index (κ2) is 4.75. The molecule has 2 aromatic carbocycles. The summed E-state index contributed by atoms with van der Waals surface area (Å²) in [7, 11) is 0. The predicted molar refractivity (Wildman–Crippen MR) is 75.4 cm³/mol. The molecule has 0 fully saturated rings. The van der Waals surface area contributed by atoms with Gasteiger partial charge < -0.3 is 0 Å². The topological polar surface area (TPSA) is 0 Å². The Morgan fingerprint density at radius 1 is 0.882 bits per heavy atom. The molecule has 0 bridgehead atoms. The lowest BCUT2D eigenvalue weighted by molar-refractivity contribution is 0.867. The maximum Gasteiger partial charge on any atom is -0.0152 e. The van der Waals surface area contributed by atoms with Gasteiger partial charge in [0.15, 0.2) is 0 Å². The third-order valence-corrected chi connectivity index (χ3v) is 3.47. The number of aryl methyl sites for hydroxylation is 1. The summed E-state index contributed by atoms with van der Waals surface area (Å²) in [4.78, 5) is 0. The Balaban J connectivity index is 2.53. The van der Waals surface area contributed by atoms with Gasteiger partial charge in [-0.25, -0.2) is 0 Å². The van der Waals surface area contributed by atoms with Crippen LogP contribution in [0, 0.1) is 13.8 Å². The fourth-order valence-corrected chi connectivity index (χ4v) is 2.13. The Labute approximate surface area is 104 Å². The highest BCUT2D eigenvalue weighted by molar-refractivity contribution is 5.69. The van der Waals surface area contributed by atoms with Crippen molar-refractivity contribution < 1.29 is 0 Å². The molecule has 0 saturated heterocycles. The third-order valence-electron chi connectivity index (χ3n) is 3.47. The fourth-order valence-electron chi connectivity index (χ4n) is 2.13. The van der Waals surface area contributed by atoms with Crippen molar-refractivity contribution in [3.8, 4) is 11.1 Å². The number of hydrogen-bond donors (Lipinski definition) is 0. The average Bonchev–Trinajstić information content (AvgIpc) is 2.33. The molecule has 0 aliphatic rings. The molecule has 0 aliphatic heterocycles. The van der Waals surface area contributed by atoms with Gasteiger partial charge in [0.25, 0.3) is 0 Å². The van der Waals surface area contributed by atoms with Gasteiger partial charge in [-0.05, 0) is 47.6 Å². The van der Waals surface area contributed by atoms with Crippen LogP contribution in [0.3, 0.4) is 0 Å². The summed E-state index contributed by atoms with van der Waals surface area (Å²) in [6, 6.07) is 15.4. The van der Waals surface area contributed by atoms with E-state index in [0.29, 0.717) is 5.92 Å². The lowest BCUT2D eigenvalue weighted by Crippen LogP contribution is -1.90. The van der Waals surface area contributed by atoms with Crippen LogP contribution in [0.2, 0.25) is 0 Å². The fraction of sp³-hybridized carbons (Fsp3) is 0.294. The van der Waals surface area contributed by atoms with Crippen molar-refractivity contribution in [3.05, 3.63) is 59.2 Å². The van der Waals surface area contributed by atoms with Crippen LogP contribution in [0.25, 0.3) is 11.1 Å². The molecule has 88 valence electrons. The Kier molecular flexibility index (Phi) is 3.33. The van der Waals surface area contributed by atoms with Crippen LogP contribution in [0.5, 0.6) is 0 Å². The Hall–Kier alpha value is -1.56. The van der Waals surface area contributed by atoms with Crippen molar-refractivity contribution in [1.29, 1.82) is 0 Å². The first-order valence-electron chi connectivity index (χ1n) is 6.26. The molecule has 0 heteroatoms. The highest BCUT2D eigenvalue weighted by Gasteiger charge is 2.05. The minimum atomic E-state index is 0.583. The van der Waals surface area contributed by atoms with Crippen LogP contribution in [0.4, 0.5) is 0 Å². The molecule has 0 heterocycles. The zero-order valence-electron chi connectivity index (χ0n) is 11.1. The molecule has 0 amide bonds. The average molecular weight is 224 g/mol. The van der Waals surface area contributed by atoms with Crippen molar-refractivity contribution in [2.45, 2.75) is 33.6 Å². The minimum absolute atomic E-state index is 0.583. The smallest absolute Gasteiger partial charge is 0.0152 e. The van der Waals surface area contributed by atoms with Crippen molar-refractivity contribution in [3.63, 3.8) is 0 Å². The summed E-state index contributed by atoms with van der Waals surface area (Å²) < 4.78 is 0. The monoisotopic (exact) mass is 224 g/mol. The highest BCUT2D eigenvalue weighted by Crippen LogP contribution is 2.27. The number of benzene rings is 2. The highest BCUT2D eigenvalue weighted by atomic mass is 14.1. The SMILES string of the molecule is Cc1cccc(-c2cccc(C(C)C)c2)c1C. The van der Waals surface area contributed by atoms with E-state index in [1.165, 1.54) is 27.8 Å². The Morgan fingerprint density at radius 3 is 2.29 bits per heavy atom. The molecule has 2 rings (SSSR count). The second-order valence-corrected chi connectivity index (χ2v) is 5.03. The lowest BCUT2D eigenvalue weighted by atomic mass is 9.93. The quantitative estimate of drug-likeness (QED) is 0.666. The first-order chi connectivity index (χ1) is 8.09. The molecule has 0 nitrogen and oxygen atoms in total. The van der Waals surface area contributed by atoms with E-state index in [9.17, 15) is 0 Å². The first kappa shape index (κ1) is 11.9. The maximum absolute atomic E-state index is 2.31. The van der Waals surface area contributed by atoms with E-state index in [1.807, 2.05) is 0 Å². The van der Waals surface area contributed by atoms with Crippen molar-refractivity contribution >= 4 is 0 Å². The van der Waals surface area contributed by atoms with Crippen LogP contribution in [0.1, 0.15) is 36.5 Å². The molecule has 0 spiro atoms. The van der Waals surface area contributed by atoms with Crippen molar-refractivity contribution in [2.75, 3.05) is 0 Å². The minimum Gasteiger partial charge on any atom is -0.0614 e. The van der Waals surface area contributed by atoms with Crippen LogP contribution in [-0.2, 0) is 0 Å². The van der Waals surface area contributed by atoms with E-state index in [0.717, 1.165) is 0 Å². The maximum atomic E-state index is 2.31. The summed E-state index contributed by atoms with van der Waals surface area (Å²) in [5.41, 5.74) is 6.83. The van der Waals surface area contributed by atoms with Gasteiger partial charge >= 0.3 is 0 Å². The van der Waals surface area contributed by atoms with Crippen LogP contribution in [-0.4, -0.2) is 0 Å². The molecule has 0 radical (unpaired) electrons. The zero-order valence-corrected chi connectivity index (χ0v) is 11.1. The molecule has 0 aliphatic carbocycles. The summed E-state index contributed by atoms with van der Waals surface area (Å²) in [6.07, 6.45) is 0. The van der Waals surface area contributed by atoms with Gasteiger partial charge in [-0.15, -0.1) is 0 Å². The van der Waals surface area contributed by atoms with Crippen LogP contribution in [0.15, 0.2) is 42.5 Å². The number of rotatable bonds is 2. The van der Waals surface area contributed by atoms with E-state index in [-0.39, 0.29) is 0 Å². The standard InChI is InChI=1S/C17H20/c1-12(2)15-8-6-9-16(11-15)17-10-5-7-13(3)14(17)4/h5-12H,1-4H3. The molecule has 0 aromatic heterocycles. The van der Waals surface area contributed by atoms with E-state index in [1.54, 1.807) is 0 Å². The Bertz CT molecular complexity index is 521. The molecule has 0 saturated carbocycles. The predicted octanol–water partition coefficient (Wildman–Crippen LogP) is 5.09. The van der Waals surface area contributed by atoms with Gasteiger partial charge in [0.2, 0.25) is 0 Å². The second-order valence-electron chi connectivity index (χ2n) is 5.03. The van der Waals surface area contributed by atoms with Crippen LogP contribution >= 0.6 is 0 Å². The molecule has 2 aromatic rings. The largest absolute Gasteiger partial charge is 0.0614 e. The number of hydrogen-bond acceptors (Lipinski definition) is 0. The normalized spacial score (nSPS) is 10.9. The van der Waals surface area contributed by atoms with Gasteiger partial charge in [0, 0.05) is 0 Å². The van der Waals surface area contributed by atoms with Crippen molar-refractivity contribution in [2.24, 2.45) is 0 Å². The summed E-state index contributed by atoms with van der Waals surface area (Å²) in [5, 5.41) is 0. The van der Waals surface area contributed by atoms with E-state index in [4.69, 9.17) is 0 Å². The molecular formula is C17H20. The molecule has 0 N–H and O–H groups in total. The first-order valence-corrected chi connectivity index (χ1v) is 6.26. The van der Waals surface area contributed by atoms with Crippen molar-refractivity contribution in [1.82, 2.24) is 0 Å². The van der Waals surface area contributed by atoms with E-state index >= 15 is 0 Å². The van der Waals surface area contributed by atoms with Gasteiger partial charge in [-0.1, -0.05) is 56.3 Å². The van der Waals surface area contributed by atoms with Gasteiger partial charge in [0.05, 0.1) is 0 Å². The molecular weight excluding hydrogens is 204 g/mol. The third kappa shape index (κ3) is 2.41. The molecule has 17 heavy (non-hydrogen) atoms. The van der Waals surface area contributed by atoms with E-state index in [2.05, 4.69) is 70.2 Å². The van der Waals surface area contributed by atoms with Gasteiger partial charge in [-0.3, -0.25) is 0 Å². The van der Waals surface area contributed by atoms with E-state index < -0.39 is 0 Å².